The number of nitrogens with zero attached hydrogens (tertiary/aromatic N) is 3. The zero-order valence-corrected chi connectivity index (χ0v) is 18.2. The van der Waals surface area contributed by atoms with Crippen LogP contribution in [0.2, 0.25) is 0 Å². The Morgan fingerprint density at radius 3 is 2.33 bits per heavy atom. The smallest absolute Gasteiger partial charge is 0.227 e. The first-order valence-electron chi connectivity index (χ1n) is 11.2. The van der Waals surface area contributed by atoms with E-state index >= 15 is 0 Å². The molecule has 0 radical (unpaired) electrons. The van der Waals surface area contributed by atoms with Gasteiger partial charge in [0.1, 0.15) is 5.76 Å². The topological polar surface area (TPSA) is 58.8 Å². The number of carbonyl (C=O) groups is 1. The zero-order valence-electron chi connectivity index (χ0n) is 18.2. The van der Waals surface area contributed by atoms with Crippen molar-refractivity contribution in [2.45, 2.75) is 46.1 Å². The summed E-state index contributed by atoms with van der Waals surface area (Å²) in [6.07, 6.45) is 3.64. The van der Waals surface area contributed by atoms with Gasteiger partial charge < -0.3 is 14.2 Å². The number of aromatic nitrogens is 1. The van der Waals surface area contributed by atoms with E-state index in [4.69, 9.17) is 9.26 Å². The molecule has 3 heterocycles. The van der Waals surface area contributed by atoms with Gasteiger partial charge in [-0.05, 0) is 50.2 Å². The summed E-state index contributed by atoms with van der Waals surface area (Å²) < 4.78 is 10.6. The average Bonchev–Trinajstić information content (AvgIpc) is 3.08. The minimum Gasteiger partial charge on any atom is -0.379 e. The predicted octanol–water partition coefficient (Wildman–Crippen LogP) is 3.15. The van der Waals surface area contributed by atoms with Gasteiger partial charge in [0.2, 0.25) is 5.91 Å². The molecular weight excluding hydrogens is 378 g/mol. The highest BCUT2D eigenvalue weighted by atomic mass is 16.5. The summed E-state index contributed by atoms with van der Waals surface area (Å²) >= 11 is 0. The summed E-state index contributed by atoms with van der Waals surface area (Å²) in [4.78, 5) is 17.1. The number of carbonyl (C=O) groups excluding carboxylic acids is 1. The van der Waals surface area contributed by atoms with Gasteiger partial charge in [-0.3, -0.25) is 9.69 Å². The molecule has 2 aliphatic heterocycles. The fraction of sp³-hybridized carbons (Fsp3) is 0.583. The third kappa shape index (κ3) is 5.29. The standard InChI is InChI=1S/C24H33N3O3/c1-18-23(19(2)30-25-18)16-24(28)27-9-7-21(8-10-27)15-20-3-5-22(6-4-20)17-26-11-13-29-14-12-26/h3-6,21H,7-17H2,1-2H3. The lowest BCUT2D eigenvalue weighted by Crippen LogP contribution is -2.39. The van der Waals surface area contributed by atoms with Gasteiger partial charge in [0.25, 0.3) is 0 Å². The second kappa shape index (κ2) is 9.75. The molecule has 0 atom stereocenters. The van der Waals surface area contributed by atoms with Crippen molar-refractivity contribution < 1.29 is 14.1 Å². The van der Waals surface area contributed by atoms with E-state index in [1.807, 2.05) is 18.7 Å². The summed E-state index contributed by atoms with van der Waals surface area (Å²) in [6.45, 7) is 10.2. The first-order valence-corrected chi connectivity index (χ1v) is 11.2. The third-order valence-corrected chi connectivity index (χ3v) is 6.53. The second-order valence-corrected chi connectivity index (χ2v) is 8.71. The summed E-state index contributed by atoms with van der Waals surface area (Å²) in [6, 6.07) is 9.11. The predicted molar refractivity (Wildman–Crippen MR) is 115 cm³/mol. The van der Waals surface area contributed by atoms with E-state index in [-0.39, 0.29) is 5.91 Å². The van der Waals surface area contributed by atoms with Gasteiger partial charge in [0.05, 0.1) is 25.3 Å². The minimum absolute atomic E-state index is 0.190. The highest BCUT2D eigenvalue weighted by Crippen LogP contribution is 2.23. The van der Waals surface area contributed by atoms with Crippen molar-refractivity contribution in [3.8, 4) is 0 Å². The highest BCUT2D eigenvalue weighted by molar-refractivity contribution is 5.79. The molecule has 0 spiro atoms. The van der Waals surface area contributed by atoms with Crippen LogP contribution in [0.5, 0.6) is 0 Å². The normalized spacial score (nSPS) is 18.7. The summed E-state index contributed by atoms with van der Waals surface area (Å²) in [5, 5.41) is 3.96. The molecule has 4 rings (SSSR count). The Morgan fingerprint density at radius 2 is 1.70 bits per heavy atom. The Labute approximate surface area is 179 Å². The molecule has 6 nitrogen and oxygen atoms in total. The number of hydrogen-bond acceptors (Lipinski definition) is 5. The SMILES string of the molecule is Cc1noc(C)c1CC(=O)N1CCC(Cc2ccc(CN3CCOCC3)cc2)CC1. The van der Waals surface area contributed by atoms with Crippen LogP contribution < -0.4 is 0 Å². The minimum atomic E-state index is 0.190. The molecule has 162 valence electrons. The van der Waals surface area contributed by atoms with Crippen molar-refractivity contribution in [3.05, 3.63) is 52.4 Å². The maximum absolute atomic E-state index is 12.7. The number of piperidine rings is 1. The van der Waals surface area contributed by atoms with Gasteiger partial charge in [-0.1, -0.05) is 29.4 Å². The Morgan fingerprint density at radius 1 is 1.03 bits per heavy atom. The molecule has 2 aliphatic rings. The molecule has 2 fully saturated rings. The number of amides is 1. The third-order valence-electron chi connectivity index (χ3n) is 6.53. The van der Waals surface area contributed by atoms with Crippen LogP contribution >= 0.6 is 0 Å². The largest absolute Gasteiger partial charge is 0.379 e. The van der Waals surface area contributed by atoms with E-state index in [0.29, 0.717) is 12.3 Å². The zero-order chi connectivity index (χ0) is 20.9. The molecule has 1 amide bonds. The van der Waals surface area contributed by atoms with Gasteiger partial charge in [-0.15, -0.1) is 0 Å². The molecule has 0 unspecified atom stereocenters. The molecule has 0 aliphatic carbocycles. The molecule has 2 aromatic rings. The van der Waals surface area contributed by atoms with Gasteiger partial charge in [0.15, 0.2) is 0 Å². The Hall–Kier alpha value is -2.18. The van der Waals surface area contributed by atoms with Gasteiger partial charge in [0, 0.05) is 38.3 Å². The quantitative estimate of drug-likeness (QED) is 0.731. The highest BCUT2D eigenvalue weighted by Gasteiger charge is 2.24. The number of aryl methyl sites for hydroxylation is 2. The number of likely N-dealkylation sites (tertiary alicyclic amines) is 1. The summed E-state index contributed by atoms with van der Waals surface area (Å²) in [7, 11) is 0. The van der Waals surface area contributed by atoms with E-state index in [1.165, 1.54) is 11.1 Å². The van der Waals surface area contributed by atoms with Crippen molar-refractivity contribution in [2.24, 2.45) is 5.92 Å². The number of rotatable bonds is 6. The van der Waals surface area contributed by atoms with Crippen LogP contribution in [-0.2, 0) is 28.9 Å². The maximum Gasteiger partial charge on any atom is 0.227 e. The molecule has 0 saturated carbocycles. The Bertz CT molecular complexity index is 812. The van der Waals surface area contributed by atoms with E-state index in [2.05, 4.69) is 34.3 Å². The van der Waals surface area contributed by atoms with Crippen molar-refractivity contribution in [3.63, 3.8) is 0 Å². The summed E-state index contributed by atoms with van der Waals surface area (Å²) in [5.74, 6) is 1.60. The summed E-state index contributed by atoms with van der Waals surface area (Å²) in [5.41, 5.74) is 4.55. The maximum atomic E-state index is 12.7. The molecule has 30 heavy (non-hydrogen) atoms. The van der Waals surface area contributed by atoms with Crippen LogP contribution in [0.3, 0.4) is 0 Å². The first kappa shape index (κ1) is 21.1. The lowest BCUT2D eigenvalue weighted by Gasteiger charge is -2.32. The van der Waals surface area contributed by atoms with Crippen LogP contribution in [0.4, 0.5) is 0 Å². The van der Waals surface area contributed by atoms with Gasteiger partial charge >= 0.3 is 0 Å². The molecule has 1 aromatic carbocycles. The van der Waals surface area contributed by atoms with Crippen molar-refractivity contribution in [1.29, 1.82) is 0 Å². The van der Waals surface area contributed by atoms with Crippen LogP contribution in [0.15, 0.2) is 28.8 Å². The number of hydrogen-bond donors (Lipinski definition) is 0. The first-order chi connectivity index (χ1) is 14.6. The van der Waals surface area contributed by atoms with Gasteiger partial charge in [-0.25, -0.2) is 0 Å². The molecule has 2 saturated heterocycles. The van der Waals surface area contributed by atoms with Crippen LogP contribution in [0.1, 0.15) is 41.0 Å². The van der Waals surface area contributed by atoms with Crippen LogP contribution in [0.25, 0.3) is 0 Å². The molecular formula is C24H33N3O3. The van der Waals surface area contributed by atoms with E-state index in [9.17, 15) is 4.79 Å². The second-order valence-electron chi connectivity index (χ2n) is 8.71. The van der Waals surface area contributed by atoms with E-state index in [1.54, 1.807) is 0 Å². The number of morpholine rings is 1. The lowest BCUT2D eigenvalue weighted by molar-refractivity contribution is -0.131. The molecule has 6 heteroatoms. The fourth-order valence-corrected chi connectivity index (χ4v) is 4.54. The van der Waals surface area contributed by atoms with Crippen molar-refractivity contribution in [1.82, 2.24) is 15.0 Å². The monoisotopic (exact) mass is 411 g/mol. The number of benzene rings is 1. The Balaban J connectivity index is 1.23. The van der Waals surface area contributed by atoms with Crippen molar-refractivity contribution in [2.75, 3.05) is 39.4 Å². The molecule has 1 aromatic heterocycles. The van der Waals surface area contributed by atoms with Crippen LogP contribution in [0, 0.1) is 19.8 Å². The van der Waals surface area contributed by atoms with Crippen molar-refractivity contribution >= 4 is 5.91 Å². The average molecular weight is 412 g/mol. The van der Waals surface area contributed by atoms with E-state index in [0.717, 1.165) is 82.2 Å². The molecule has 0 bridgehead atoms. The molecule has 0 N–H and O–H groups in total. The van der Waals surface area contributed by atoms with Crippen LogP contribution in [-0.4, -0.2) is 60.3 Å². The van der Waals surface area contributed by atoms with Gasteiger partial charge in [-0.2, -0.15) is 0 Å². The fourth-order valence-electron chi connectivity index (χ4n) is 4.54. The van der Waals surface area contributed by atoms with E-state index < -0.39 is 0 Å². The Kier molecular flexibility index (Phi) is 6.85. The lowest BCUT2D eigenvalue weighted by atomic mass is 9.89. The number of ether oxygens (including phenoxy) is 1.